The van der Waals surface area contributed by atoms with E-state index in [0.29, 0.717) is 12.2 Å². The first-order chi connectivity index (χ1) is 9.78. The maximum Gasteiger partial charge on any atom is 0.378 e. The molecule has 0 heterocycles. The summed E-state index contributed by atoms with van der Waals surface area (Å²) in [6.07, 6.45) is 0.456. The molecule has 116 valence electrons. The third-order valence-electron chi connectivity index (χ3n) is 2.46. The van der Waals surface area contributed by atoms with Crippen LogP contribution in [0.25, 0.3) is 0 Å². The van der Waals surface area contributed by atoms with Gasteiger partial charge in [-0.1, -0.05) is 41.1 Å². The van der Waals surface area contributed by atoms with E-state index >= 15 is 0 Å². The summed E-state index contributed by atoms with van der Waals surface area (Å²) in [5.74, 6) is -1.02. The molecular weight excluding hydrogens is 308 g/mol. The van der Waals surface area contributed by atoms with Crippen LogP contribution < -0.4 is 0 Å². The molecule has 0 saturated carbocycles. The molecule has 0 saturated heterocycles. The van der Waals surface area contributed by atoms with Gasteiger partial charge in [0.15, 0.2) is 0 Å². The van der Waals surface area contributed by atoms with Crippen LogP contribution in [-0.4, -0.2) is 27.7 Å². The molecule has 1 unspecified atom stereocenters. The summed E-state index contributed by atoms with van der Waals surface area (Å²) < 4.78 is 5.15. The number of carbonyl (C=O) groups excluding carboxylic acids is 1. The largest absolute Gasteiger partial charge is 0.481 e. The minimum atomic E-state index is -0.851. The first-order valence-corrected chi connectivity index (χ1v) is 8.89. The SMILES string of the molecule is CC(C)(C)OC(=O)SSCC(Cc1ccccc1)C(=O)O. The smallest absolute Gasteiger partial charge is 0.378 e. The van der Waals surface area contributed by atoms with E-state index in [0.717, 1.165) is 16.4 Å². The number of benzene rings is 1. The van der Waals surface area contributed by atoms with Crippen molar-refractivity contribution in [3.63, 3.8) is 0 Å². The Morgan fingerprint density at radius 1 is 1.24 bits per heavy atom. The van der Waals surface area contributed by atoms with Gasteiger partial charge < -0.3 is 9.84 Å². The van der Waals surface area contributed by atoms with Crippen LogP contribution in [0.15, 0.2) is 30.3 Å². The quantitative estimate of drug-likeness (QED) is 0.622. The third kappa shape index (κ3) is 8.02. The van der Waals surface area contributed by atoms with E-state index in [-0.39, 0.29) is 0 Å². The van der Waals surface area contributed by atoms with E-state index in [9.17, 15) is 14.7 Å². The van der Waals surface area contributed by atoms with Gasteiger partial charge in [0, 0.05) is 16.5 Å². The summed E-state index contributed by atoms with van der Waals surface area (Å²) in [6.45, 7) is 5.39. The minimum Gasteiger partial charge on any atom is -0.481 e. The van der Waals surface area contributed by atoms with E-state index < -0.39 is 22.8 Å². The van der Waals surface area contributed by atoms with Crippen molar-refractivity contribution in [1.82, 2.24) is 0 Å². The molecule has 21 heavy (non-hydrogen) atoms. The van der Waals surface area contributed by atoms with E-state index in [2.05, 4.69) is 0 Å². The predicted molar refractivity (Wildman–Crippen MR) is 87.6 cm³/mol. The number of hydrogen-bond acceptors (Lipinski definition) is 5. The molecule has 0 aliphatic carbocycles. The van der Waals surface area contributed by atoms with Crippen molar-refractivity contribution >= 4 is 32.9 Å². The first kappa shape index (κ1) is 17.9. The van der Waals surface area contributed by atoms with Crippen LogP contribution in [0, 0.1) is 5.92 Å². The van der Waals surface area contributed by atoms with Gasteiger partial charge in [0.2, 0.25) is 0 Å². The average molecular weight is 328 g/mol. The lowest BCUT2D eigenvalue weighted by atomic mass is 10.0. The molecule has 0 amide bonds. The van der Waals surface area contributed by atoms with E-state index in [1.807, 2.05) is 30.3 Å². The summed E-state index contributed by atoms with van der Waals surface area (Å²) in [4.78, 5) is 22.8. The molecule has 1 atom stereocenters. The van der Waals surface area contributed by atoms with Crippen molar-refractivity contribution in [2.24, 2.45) is 5.92 Å². The summed E-state index contributed by atoms with van der Waals surface area (Å²) in [5.41, 5.74) is 0.453. The van der Waals surface area contributed by atoms with Gasteiger partial charge in [0.25, 0.3) is 0 Å². The molecule has 0 bridgehead atoms. The second kappa shape index (κ2) is 8.34. The topological polar surface area (TPSA) is 63.6 Å². The predicted octanol–water partition coefficient (Wildman–Crippen LogP) is 4.25. The zero-order valence-electron chi connectivity index (χ0n) is 12.4. The van der Waals surface area contributed by atoms with Crippen molar-refractivity contribution in [2.45, 2.75) is 32.8 Å². The molecule has 6 heteroatoms. The zero-order valence-corrected chi connectivity index (χ0v) is 14.0. The molecule has 1 aromatic carbocycles. The molecule has 1 N–H and O–H groups in total. The van der Waals surface area contributed by atoms with Crippen molar-refractivity contribution < 1.29 is 19.4 Å². The fourth-order valence-electron chi connectivity index (χ4n) is 1.55. The van der Waals surface area contributed by atoms with Gasteiger partial charge in [-0.2, -0.15) is 0 Å². The maximum atomic E-state index is 11.5. The molecule has 0 spiro atoms. The summed E-state index contributed by atoms with van der Waals surface area (Å²) in [7, 11) is 2.17. The highest BCUT2D eigenvalue weighted by Gasteiger charge is 2.21. The Hall–Kier alpha value is -1.14. The van der Waals surface area contributed by atoms with Crippen molar-refractivity contribution in [2.75, 3.05) is 5.75 Å². The number of ether oxygens (including phenoxy) is 1. The van der Waals surface area contributed by atoms with Crippen LogP contribution in [0.3, 0.4) is 0 Å². The monoisotopic (exact) mass is 328 g/mol. The number of aliphatic carboxylic acids is 1. The van der Waals surface area contributed by atoms with Crippen molar-refractivity contribution in [3.8, 4) is 0 Å². The summed E-state index contributed by atoms with van der Waals surface area (Å²) in [5, 5.41) is 8.86. The highest BCUT2D eigenvalue weighted by Crippen LogP contribution is 2.29. The number of rotatable bonds is 6. The Bertz CT molecular complexity index is 468. The number of carboxylic acid groups (broad SMARTS) is 1. The summed E-state index contributed by atoms with van der Waals surface area (Å²) >= 11 is 0. The van der Waals surface area contributed by atoms with Crippen LogP contribution in [0.4, 0.5) is 4.79 Å². The van der Waals surface area contributed by atoms with Gasteiger partial charge in [-0.15, -0.1) is 0 Å². The molecule has 0 aliphatic rings. The highest BCUT2D eigenvalue weighted by molar-refractivity contribution is 8.82. The van der Waals surface area contributed by atoms with E-state index in [4.69, 9.17) is 4.74 Å². The van der Waals surface area contributed by atoms with Crippen LogP contribution in [0.2, 0.25) is 0 Å². The maximum absolute atomic E-state index is 11.5. The van der Waals surface area contributed by atoms with Crippen LogP contribution >= 0.6 is 21.6 Å². The lowest BCUT2D eigenvalue weighted by molar-refractivity contribution is -0.140. The lowest BCUT2D eigenvalue weighted by Crippen LogP contribution is -2.21. The fraction of sp³-hybridized carbons (Fsp3) is 0.467. The molecule has 0 radical (unpaired) electrons. The molecule has 1 rings (SSSR count). The average Bonchev–Trinajstić information content (AvgIpc) is 2.36. The van der Waals surface area contributed by atoms with E-state index in [1.54, 1.807) is 20.8 Å². The second-order valence-electron chi connectivity index (χ2n) is 5.56. The second-order valence-corrected chi connectivity index (χ2v) is 7.83. The Morgan fingerprint density at radius 2 is 1.86 bits per heavy atom. The molecule has 1 aromatic rings. The normalized spacial score (nSPS) is 12.7. The van der Waals surface area contributed by atoms with Crippen molar-refractivity contribution in [3.05, 3.63) is 35.9 Å². The van der Waals surface area contributed by atoms with E-state index in [1.165, 1.54) is 10.8 Å². The number of hydrogen-bond donors (Lipinski definition) is 1. The highest BCUT2D eigenvalue weighted by atomic mass is 33.1. The van der Waals surface area contributed by atoms with Crippen LogP contribution in [-0.2, 0) is 16.0 Å². The van der Waals surface area contributed by atoms with Gasteiger partial charge in [-0.3, -0.25) is 4.79 Å². The molecule has 0 fully saturated rings. The minimum absolute atomic E-state index is 0.355. The molecule has 0 aliphatic heterocycles. The molecule has 4 nitrogen and oxygen atoms in total. The Labute approximate surface area is 133 Å². The fourth-order valence-corrected chi connectivity index (χ4v) is 3.51. The van der Waals surface area contributed by atoms with Gasteiger partial charge in [0.1, 0.15) is 5.60 Å². The number of carbonyl (C=O) groups is 2. The van der Waals surface area contributed by atoms with Gasteiger partial charge in [-0.05, 0) is 32.8 Å². The Kier molecular flexibility index (Phi) is 7.11. The molecule has 0 aromatic heterocycles. The van der Waals surface area contributed by atoms with Gasteiger partial charge in [0.05, 0.1) is 5.92 Å². The Balaban J connectivity index is 2.42. The van der Waals surface area contributed by atoms with Crippen molar-refractivity contribution in [1.29, 1.82) is 0 Å². The third-order valence-corrected chi connectivity index (χ3v) is 4.51. The standard InChI is InChI=1S/C15H20O4S2/c1-15(2,3)19-14(18)21-20-10-12(13(16)17)9-11-7-5-4-6-8-11/h4-8,12H,9-10H2,1-3H3,(H,16,17). The lowest BCUT2D eigenvalue weighted by Gasteiger charge is -2.18. The Morgan fingerprint density at radius 3 is 2.38 bits per heavy atom. The van der Waals surface area contributed by atoms with Gasteiger partial charge in [-0.25, -0.2) is 4.79 Å². The molecular formula is C15H20O4S2. The van der Waals surface area contributed by atoms with Gasteiger partial charge >= 0.3 is 11.3 Å². The summed E-state index contributed by atoms with van der Waals surface area (Å²) in [6, 6.07) is 9.48. The number of carboxylic acids is 1. The zero-order chi connectivity index (χ0) is 15.9. The van der Waals surface area contributed by atoms with Crippen LogP contribution in [0.5, 0.6) is 0 Å². The van der Waals surface area contributed by atoms with Crippen LogP contribution in [0.1, 0.15) is 26.3 Å². The first-order valence-electron chi connectivity index (χ1n) is 6.57.